The topological polar surface area (TPSA) is 78.9 Å². The Balaban J connectivity index is 2.33. The molecule has 0 bridgehead atoms. The Labute approximate surface area is 120 Å². The lowest BCUT2D eigenvalue weighted by Crippen LogP contribution is -2.42. The van der Waals surface area contributed by atoms with Gasteiger partial charge in [-0.05, 0) is 40.4 Å². The third kappa shape index (κ3) is 6.08. The Hall–Kier alpha value is -1.53. The Kier molecular flexibility index (Phi) is 7.75. The fraction of sp³-hybridized carbons (Fsp3) is 0.643. The number of aromatic nitrogens is 2. The van der Waals surface area contributed by atoms with Gasteiger partial charge >= 0.3 is 0 Å². The number of nitrogens with one attached hydrogen (secondary N) is 3. The highest BCUT2D eigenvalue weighted by Crippen LogP contribution is 2.01. The number of hydrogen-bond acceptors (Lipinski definition) is 5. The molecule has 1 atom stereocenters. The van der Waals surface area contributed by atoms with E-state index in [4.69, 9.17) is 0 Å². The zero-order chi connectivity index (χ0) is 14.8. The largest absolute Gasteiger partial charge is 0.349 e. The van der Waals surface area contributed by atoms with Gasteiger partial charge in [-0.3, -0.25) is 14.8 Å². The first-order valence-corrected chi connectivity index (χ1v) is 7.04. The normalized spacial score (nSPS) is 12.2. The van der Waals surface area contributed by atoms with Gasteiger partial charge in [-0.15, -0.1) is 0 Å². The van der Waals surface area contributed by atoms with E-state index < -0.39 is 0 Å². The van der Waals surface area contributed by atoms with Crippen LogP contribution in [-0.4, -0.2) is 42.6 Å². The summed E-state index contributed by atoms with van der Waals surface area (Å²) >= 11 is 0. The van der Waals surface area contributed by atoms with E-state index in [9.17, 15) is 4.79 Å². The molecule has 3 N–H and O–H groups in total. The molecule has 0 aliphatic heterocycles. The zero-order valence-electron chi connectivity index (χ0n) is 12.6. The molecular formula is C14H25N5O. The first-order valence-electron chi connectivity index (χ1n) is 7.04. The quantitative estimate of drug-likeness (QED) is 0.570. The summed E-state index contributed by atoms with van der Waals surface area (Å²) in [5.41, 5.74) is 1.65. The molecule has 0 aliphatic carbocycles. The molecule has 6 nitrogen and oxygen atoms in total. The highest BCUT2D eigenvalue weighted by molar-refractivity contribution is 5.81. The van der Waals surface area contributed by atoms with Crippen molar-refractivity contribution in [1.29, 1.82) is 0 Å². The highest BCUT2D eigenvalue weighted by Gasteiger charge is 2.15. The van der Waals surface area contributed by atoms with Crippen molar-refractivity contribution in [3.8, 4) is 0 Å². The maximum absolute atomic E-state index is 12.0. The summed E-state index contributed by atoms with van der Waals surface area (Å²) < 4.78 is 0. The molecule has 1 rings (SSSR count). The summed E-state index contributed by atoms with van der Waals surface area (Å²) in [6.07, 6.45) is 6.32. The smallest absolute Gasteiger partial charge is 0.237 e. The molecule has 20 heavy (non-hydrogen) atoms. The van der Waals surface area contributed by atoms with Crippen LogP contribution in [0, 0.1) is 6.92 Å². The Morgan fingerprint density at radius 2 is 2.05 bits per heavy atom. The number of carbonyl (C=O) groups is 1. The minimum atomic E-state index is -0.148. The van der Waals surface area contributed by atoms with Crippen molar-refractivity contribution < 1.29 is 4.79 Å². The van der Waals surface area contributed by atoms with Crippen LogP contribution in [0.2, 0.25) is 0 Å². The van der Waals surface area contributed by atoms with Gasteiger partial charge in [-0.1, -0.05) is 6.42 Å². The van der Waals surface area contributed by atoms with Gasteiger partial charge in [0.1, 0.15) is 0 Å². The monoisotopic (exact) mass is 279 g/mol. The van der Waals surface area contributed by atoms with Crippen LogP contribution in [0.25, 0.3) is 0 Å². The second-order valence-corrected chi connectivity index (χ2v) is 4.81. The lowest BCUT2D eigenvalue weighted by molar-refractivity contribution is -0.123. The third-order valence-corrected chi connectivity index (χ3v) is 3.11. The van der Waals surface area contributed by atoms with Gasteiger partial charge in [0.05, 0.1) is 30.2 Å². The average molecular weight is 279 g/mol. The van der Waals surface area contributed by atoms with Crippen LogP contribution >= 0.6 is 0 Å². The molecule has 1 amide bonds. The highest BCUT2D eigenvalue weighted by atomic mass is 16.2. The van der Waals surface area contributed by atoms with E-state index in [-0.39, 0.29) is 11.9 Å². The van der Waals surface area contributed by atoms with E-state index in [0.29, 0.717) is 6.54 Å². The summed E-state index contributed by atoms with van der Waals surface area (Å²) in [7, 11) is 3.75. The van der Waals surface area contributed by atoms with Gasteiger partial charge in [0.25, 0.3) is 0 Å². The predicted molar refractivity (Wildman–Crippen MR) is 79.2 cm³/mol. The molecule has 0 radical (unpaired) electrons. The van der Waals surface area contributed by atoms with Crippen LogP contribution in [0.5, 0.6) is 0 Å². The fourth-order valence-corrected chi connectivity index (χ4v) is 1.87. The van der Waals surface area contributed by atoms with Crippen LogP contribution in [0.3, 0.4) is 0 Å². The lowest BCUT2D eigenvalue weighted by Gasteiger charge is -2.15. The van der Waals surface area contributed by atoms with Gasteiger partial charge < -0.3 is 16.0 Å². The van der Waals surface area contributed by atoms with E-state index in [1.165, 1.54) is 0 Å². The minimum Gasteiger partial charge on any atom is -0.349 e. The molecule has 0 saturated heterocycles. The average Bonchev–Trinajstić information content (AvgIpc) is 2.46. The number of amides is 1. The van der Waals surface area contributed by atoms with Crippen molar-refractivity contribution in [1.82, 2.24) is 25.9 Å². The van der Waals surface area contributed by atoms with Crippen molar-refractivity contribution >= 4 is 5.91 Å². The van der Waals surface area contributed by atoms with E-state index in [1.54, 1.807) is 12.4 Å². The van der Waals surface area contributed by atoms with Gasteiger partial charge in [0.15, 0.2) is 0 Å². The van der Waals surface area contributed by atoms with E-state index >= 15 is 0 Å². The molecule has 1 aromatic rings. The number of likely N-dealkylation sites (N-methyl/N-ethyl adjacent to an activating group) is 1. The first-order chi connectivity index (χ1) is 9.67. The van der Waals surface area contributed by atoms with Crippen LogP contribution in [0.1, 0.15) is 30.7 Å². The summed E-state index contributed by atoms with van der Waals surface area (Å²) in [5, 5.41) is 9.05. The molecule has 0 aliphatic rings. The van der Waals surface area contributed by atoms with E-state index in [2.05, 4.69) is 25.9 Å². The number of carbonyl (C=O) groups excluding carboxylic acids is 1. The summed E-state index contributed by atoms with van der Waals surface area (Å²) in [5.74, 6) is 0.0133. The Morgan fingerprint density at radius 1 is 1.25 bits per heavy atom. The van der Waals surface area contributed by atoms with Gasteiger partial charge in [-0.2, -0.15) is 0 Å². The number of nitrogens with zero attached hydrogens (tertiary/aromatic N) is 2. The second kappa shape index (κ2) is 9.39. The van der Waals surface area contributed by atoms with Crippen molar-refractivity contribution in [2.24, 2.45) is 0 Å². The number of unbranched alkanes of at least 4 members (excludes halogenated alkanes) is 1. The number of aryl methyl sites for hydroxylation is 1. The Bertz CT molecular complexity index is 393. The fourth-order valence-electron chi connectivity index (χ4n) is 1.87. The standard InChI is InChI=1S/C14H25N5O/c1-11-8-18-12(9-17-11)10-19-14(20)13(16-3)6-4-5-7-15-2/h8-9,13,15-16H,4-7,10H2,1-3H3,(H,19,20). The molecule has 1 aromatic heterocycles. The van der Waals surface area contributed by atoms with Crippen molar-refractivity contribution in [3.63, 3.8) is 0 Å². The summed E-state index contributed by atoms with van der Waals surface area (Å²) in [6.45, 7) is 3.29. The Morgan fingerprint density at radius 3 is 2.65 bits per heavy atom. The molecule has 112 valence electrons. The molecule has 0 aromatic carbocycles. The second-order valence-electron chi connectivity index (χ2n) is 4.81. The van der Waals surface area contributed by atoms with Crippen LogP contribution in [0.4, 0.5) is 0 Å². The van der Waals surface area contributed by atoms with Crippen LogP contribution in [0.15, 0.2) is 12.4 Å². The van der Waals surface area contributed by atoms with Crippen LogP contribution in [-0.2, 0) is 11.3 Å². The maximum atomic E-state index is 12.0. The lowest BCUT2D eigenvalue weighted by atomic mass is 10.1. The number of rotatable bonds is 9. The summed E-state index contributed by atoms with van der Waals surface area (Å²) in [4.78, 5) is 20.4. The maximum Gasteiger partial charge on any atom is 0.237 e. The third-order valence-electron chi connectivity index (χ3n) is 3.11. The summed E-state index contributed by atoms with van der Waals surface area (Å²) in [6, 6.07) is -0.148. The van der Waals surface area contributed by atoms with Crippen molar-refractivity contribution in [2.45, 2.75) is 38.8 Å². The molecule has 0 saturated carbocycles. The zero-order valence-corrected chi connectivity index (χ0v) is 12.6. The van der Waals surface area contributed by atoms with Crippen LogP contribution < -0.4 is 16.0 Å². The molecule has 0 fully saturated rings. The van der Waals surface area contributed by atoms with Gasteiger partial charge in [0, 0.05) is 6.20 Å². The van der Waals surface area contributed by atoms with Crippen molar-refractivity contribution in [3.05, 3.63) is 23.8 Å². The van der Waals surface area contributed by atoms with Gasteiger partial charge in [0.2, 0.25) is 5.91 Å². The number of hydrogen-bond donors (Lipinski definition) is 3. The van der Waals surface area contributed by atoms with Crippen molar-refractivity contribution in [2.75, 3.05) is 20.6 Å². The molecular weight excluding hydrogens is 254 g/mol. The minimum absolute atomic E-state index is 0.0133. The SMILES string of the molecule is CNCCCCC(NC)C(=O)NCc1cnc(C)cn1. The predicted octanol–water partition coefficient (Wildman–Crippen LogP) is 0.379. The molecule has 0 spiro atoms. The van der Waals surface area contributed by atoms with Gasteiger partial charge in [-0.25, -0.2) is 0 Å². The first kappa shape index (κ1) is 16.5. The van der Waals surface area contributed by atoms with E-state index in [0.717, 1.165) is 37.2 Å². The molecule has 6 heteroatoms. The van der Waals surface area contributed by atoms with E-state index in [1.807, 2.05) is 21.0 Å². The molecule has 1 unspecified atom stereocenters. The molecule has 1 heterocycles.